The van der Waals surface area contributed by atoms with Crippen LogP contribution in [0.15, 0.2) is 121 Å². The maximum absolute atomic E-state index is 14.3. The number of halogens is 2. The Labute approximate surface area is 288 Å². The molecular formula is C40H36F2N2O6. The molecule has 0 saturated carbocycles. The summed E-state index contributed by atoms with van der Waals surface area (Å²) in [6.45, 7) is 0.0571. The zero-order valence-electron chi connectivity index (χ0n) is 27.3. The van der Waals surface area contributed by atoms with Gasteiger partial charge in [-0.15, -0.1) is 0 Å². The van der Waals surface area contributed by atoms with Crippen LogP contribution in [0.25, 0.3) is 0 Å². The largest absolute Gasteiger partial charge is 0.447 e. The summed E-state index contributed by atoms with van der Waals surface area (Å²) in [6.07, 6.45) is 1.04. The SMILES string of the molecule is O=C1OC[C@H](Cc2ccccc2)N1C(=O)C(=CCC(Cc1ccc(F)cc1)C(=O)N1C(=O)OC[C@@H]1Cc1ccccc1)Cc1ccc(F)cc1. The summed E-state index contributed by atoms with van der Waals surface area (Å²) in [5, 5.41) is 0. The second-order valence-corrected chi connectivity index (χ2v) is 12.5. The van der Waals surface area contributed by atoms with Gasteiger partial charge in [-0.3, -0.25) is 9.59 Å². The van der Waals surface area contributed by atoms with E-state index in [1.165, 1.54) is 24.3 Å². The van der Waals surface area contributed by atoms with Crippen LogP contribution in [0.5, 0.6) is 0 Å². The van der Waals surface area contributed by atoms with Crippen LogP contribution in [-0.4, -0.2) is 59.1 Å². The number of imide groups is 2. The van der Waals surface area contributed by atoms with Gasteiger partial charge in [-0.1, -0.05) is 91.0 Å². The Morgan fingerprint density at radius 2 is 1.14 bits per heavy atom. The van der Waals surface area contributed by atoms with E-state index >= 15 is 0 Å². The average molecular weight is 679 g/mol. The molecule has 1 unspecified atom stereocenters. The molecule has 4 aromatic carbocycles. The molecule has 2 aliphatic rings. The first-order valence-corrected chi connectivity index (χ1v) is 16.5. The van der Waals surface area contributed by atoms with Crippen LogP contribution in [0.3, 0.4) is 0 Å². The van der Waals surface area contributed by atoms with E-state index in [9.17, 15) is 28.0 Å². The van der Waals surface area contributed by atoms with Gasteiger partial charge in [0, 0.05) is 17.9 Å². The molecule has 0 N–H and O–H groups in total. The fourth-order valence-corrected chi connectivity index (χ4v) is 6.38. The van der Waals surface area contributed by atoms with E-state index in [4.69, 9.17) is 9.47 Å². The summed E-state index contributed by atoms with van der Waals surface area (Å²) >= 11 is 0. The van der Waals surface area contributed by atoms with Gasteiger partial charge in [0.2, 0.25) is 5.91 Å². The first kappa shape index (κ1) is 34.2. The normalized spacial score (nSPS) is 18.2. The molecule has 10 heteroatoms. The van der Waals surface area contributed by atoms with Gasteiger partial charge in [-0.2, -0.15) is 0 Å². The predicted octanol–water partition coefficient (Wildman–Crippen LogP) is 6.86. The van der Waals surface area contributed by atoms with Crippen LogP contribution in [0.2, 0.25) is 0 Å². The Bertz CT molecular complexity index is 1850. The second-order valence-electron chi connectivity index (χ2n) is 12.5. The van der Waals surface area contributed by atoms with Gasteiger partial charge in [-0.05, 0) is 72.2 Å². The Hall–Kier alpha value is -5.64. The molecule has 2 fully saturated rings. The zero-order chi connectivity index (χ0) is 35.0. The first-order valence-electron chi connectivity index (χ1n) is 16.5. The average Bonchev–Trinajstić information content (AvgIpc) is 3.68. The Morgan fingerprint density at radius 3 is 1.68 bits per heavy atom. The number of cyclic esters (lactones) is 2. The third-order valence-corrected chi connectivity index (χ3v) is 8.98. The lowest BCUT2D eigenvalue weighted by Gasteiger charge is -2.25. The van der Waals surface area contributed by atoms with Gasteiger partial charge in [0.05, 0.1) is 12.1 Å². The Balaban J connectivity index is 1.32. The van der Waals surface area contributed by atoms with Crippen LogP contribution in [0, 0.1) is 17.6 Å². The van der Waals surface area contributed by atoms with E-state index in [1.807, 2.05) is 60.7 Å². The minimum Gasteiger partial charge on any atom is -0.447 e. The number of allylic oxidation sites excluding steroid dienone is 1. The van der Waals surface area contributed by atoms with E-state index in [1.54, 1.807) is 30.3 Å². The number of rotatable bonds is 12. The molecule has 0 spiro atoms. The maximum Gasteiger partial charge on any atom is 0.417 e. The van der Waals surface area contributed by atoms with Gasteiger partial charge in [-0.25, -0.2) is 28.2 Å². The van der Waals surface area contributed by atoms with Crippen LogP contribution in [-0.2, 0) is 44.7 Å². The quantitative estimate of drug-likeness (QED) is 0.152. The van der Waals surface area contributed by atoms with Crippen LogP contribution >= 0.6 is 0 Å². The maximum atomic E-state index is 14.3. The van der Waals surface area contributed by atoms with Gasteiger partial charge < -0.3 is 9.47 Å². The monoisotopic (exact) mass is 678 g/mol. The fraction of sp³-hybridized carbons (Fsp3) is 0.250. The van der Waals surface area contributed by atoms with Crippen molar-refractivity contribution < 1.29 is 37.4 Å². The third kappa shape index (κ3) is 8.31. The second kappa shape index (κ2) is 15.7. The van der Waals surface area contributed by atoms with Crippen LogP contribution in [0.4, 0.5) is 18.4 Å². The fourth-order valence-electron chi connectivity index (χ4n) is 6.38. The topological polar surface area (TPSA) is 93.2 Å². The minimum atomic E-state index is -0.856. The lowest BCUT2D eigenvalue weighted by Crippen LogP contribution is -2.44. The Kier molecular flexibility index (Phi) is 10.8. The van der Waals surface area contributed by atoms with Crippen LogP contribution < -0.4 is 0 Å². The number of benzene rings is 4. The molecule has 8 nitrogen and oxygen atoms in total. The van der Waals surface area contributed by atoms with Crippen molar-refractivity contribution in [1.82, 2.24) is 9.80 Å². The van der Waals surface area contributed by atoms with Gasteiger partial charge in [0.25, 0.3) is 5.91 Å². The number of carbonyl (C=O) groups is 4. The van der Waals surface area contributed by atoms with E-state index in [2.05, 4.69) is 0 Å². The van der Waals surface area contributed by atoms with E-state index in [0.717, 1.165) is 20.9 Å². The van der Waals surface area contributed by atoms with Crippen molar-refractivity contribution >= 4 is 24.0 Å². The van der Waals surface area contributed by atoms with Gasteiger partial charge >= 0.3 is 12.2 Å². The molecule has 3 atom stereocenters. The molecule has 6 rings (SSSR count). The van der Waals surface area contributed by atoms with Crippen molar-refractivity contribution in [3.05, 3.63) is 155 Å². The van der Waals surface area contributed by atoms with Crippen molar-refractivity contribution in [2.75, 3.05) is 13.2 Å². The van der Waals surface area contributed by atoms with Crippen molar-refractivity contribution in [3.8, 4) is 0 Å². The number of ether oxygens (including phenoxy) is 2. The summed E-state index contributed by atoms with van der Waals surface area (Å²) in [4.78, 5) is 56.8. The zero-order valence-corrected chi connectivity index (χ0v) is 27.3. The molecule has 2 aliphatic heterocycles. The van der Waals surface area contributed by atoms with E-state index < -0.39 is 53.6 Å². The highest BCUT2D eigenvalue weighted by molar-refractivity contribution is 6.04. The van der Waals surface area contributed by atoms with Gasteiger partial charge in [0.15, 0.2) is 0 Å². The summed E-state index contributed by atoms with van der Waals surface area (Å²) in [5.41, 5.74) is 3.33. The molecule has 0 bridgehead atoms. The number of carbonyl (C=O) groups excluding carboxylic acids is 4. The summed E-state index contributed by atoms with van der Waals surface area (Å²) in [5.74, 6) is -2.81. The standard InChI is InChI=1S/C40H36F2N2O6/c41-33-17-11-29(12-18-33)21-31(37(45)43-35(25-49-39(43)47)23-27-7-3-1-4-8-27)15-16-32(22-30-13-19-34(42)20-14-30)38(46)44-36(26-50-40(44)48)24-28-9-5-2-6-10-28/h1-15,17-20,32,35-36H,16,21-26H2/t32?,35-,36-/m0/s1. The van der Waals surface area contributed by atoms with Crippen LogP contribution in [0.1, 0.15) is 28.7 Å². The molecule has 50 heavy (non-hydrogen) atoms. The lowest BCUT2D eigenvalue weighted by atomic mass is 9.91. The molecule has 2 saturated heterocycles. The molecule has 4 amide bonds. The molecule has 4 aromatic rings. The summed E-state index contributed by atoms with van der Waals surface area (Å²) < 4.78 is 38.3. The van der Waals surface area contributed by atoms with Gasteiger partial charge in [0.1, 0.15) is 24.8 Å². The lowest BCUT2D eigenvalue weighted by molar-refractivity contribution is -0.133. The first-order chi connectivity index (χ1) is 24.2. The number of nitrogens with zero attached hydrogens (tertiary/aromatic N) is 2. The van der Waals surface area contributed by atoms with E-state index in [0.29, 0.717) is 24.0 Å². The highest BCUT2D eigenvalue weighted by Crippen LogP contribution is 2.27. The summed E-state index contributed by atoms with van der Waals surface area (Å²) in [7, 11) is 0. The highest BCUT2D eigenvalue weighted by atomic mass is 19.1. The molecular weight excluding hydrogens is 642 g/mol. The molecule has 0 radical (unpaired) electrons. The van der Waals surface area contributed by atoms with Crippen molar-refractivity contribution in [1.29, 1.82) is 0 Å². The van der Waals surface area contributed by atoms with Crippen molar-refractivity contribution in [3.63, 3.8) is 0 Å². The molecule has 256 valence electrons. The summed E-state index contributed by atoms with van der Waals surface area (Å²) in [6, 6.07) is 29.2. The molecule has 2 heterocycles. The highest BCUT2D eigenvalue weighted by Gasteiger charge is 2.42. The molecule has 0 aliphatic carbocycles. The number of hydrogen-bond acceptors (Lipinski definition) is 6. The van der Waals surface area contributed by atoms with Crippen molar-refractivity contribution in [2.45, 2.75) is 44.2 Å². The van der Waals surface area contributed by atoms with E-state index in [-0.39, 0.29) is 38.0 Å². The predicted molar refractivity (Wildman–Crippen MR) is 181 cm³/mol. The Morgan fingerprint density at radius 1 is 0.660 bits per heavy atom. The minimum absolute atomic E-state index is 0.00650. The number of amides is 4. The smallest absolute Gasteiger partial charge is 0.417 e. The molecule has 0 aromatic heterocycles. The van der Waals surface area contributed by atoms with Crippen molar-refractivity contribution in [2.24, 2.45) is 5.92 Å². The third-order valence-electron chi connectivity index (χ3n) is 8.98. The number of hydrogen-bond donors (Lipinski definition) is 0.